The van der Waals surface area contributed by atoms with Crippen LogP contribution >= 0.6 is 0 Å². The number of unbranched alkanes of at least 4 members (excludes halogenated alkanes) is 1. The fourth-order valence-corrected chi connectivity index (χ4v) is 1.20. The molecule has 0 unspecified atom stereocenters. The lowest BCUT2D eigenvalue weighted by atomic mass is 9.90. The summed E-state index contributed by atoms with van der Waals surface area (Å²) < 4.78 is 0. The Hall–Kier alpha value is -1.04. The van der Waals surface area contributed by atoms with E-state index in [0.29, 0.717) is 5.41 Å². The molecular formula is C15H24. The molecule has 0 fully saturated rings. The maximum Gasteiger partial charge on any atom is -0.0347 e. The highest BCUT2D eigenvalue weighted by atomic mass is 14.1. The Morgan fingerprint density at radius 2 is 1.53 bits per heavy atom. The summed E-state index contributed by atoms with van der Waals surface area (Å²) in [4.78, 5) is 0. The van der Waals surface area contributed by atoms with E-state index in [9.17, 15) is 0 Å². The molecule has 0 amide bonds. The van der Waals surface area contributed by atoms with E-state index in [1.54, 1.807) is 6.08 Å². The lowest BCUT2D eigenvalue weighted by Crippen LogP contribution is -2.03. The highest BCUT2D eigenvalue weighted by molar-refractivity contribution is 5.14. The molecule has 0 spiro atoms. The third-order valence-corrected chi connectivity index (χ3v) is 2.01. The fourth-order valence-electron chi connectivity index (χ4n) is 1.20. The van der Waals surface area contributed by atoms with E-state index in [1.807, 2.05) is 18.2 Å². The van der Waals surface area contributed by atoms with Gasteiger partial charge in [0, 0.05) is 0 Å². The third kappa shape index (κ3) is 13.0. The smallest absolute Gasteiger partial charge is 0.0347 e. The molecule has 0 aliphatic heterocycles. The Labute approximate surface area is 95.1 Å². The summed E-state index contributed by atoms with van der Waals surface area (Å²) >= 11 is 0. The van der Waals surface area contributed by atoms with Crippen LogP contribution in [0.4, 0.5) is 0 Å². The van der Waals surface area contributed by atoms with Gasteiger partial charge in [0.2, 0.25) is 0 Å². The zero-order valence-electron chi connectivity index (χ0n) is 10.4. The van der Waals surface area contributed by atoms with Crippen molar-refractivity contribution >= 4 is 0 Å². The number of rotatable bonds is 6. The minimum atomic E-state index is 0.469. The quantitative estimate of drug-likeness (QED) is 0.419. The van der Waals surface area contributed by atoms with Crippen molar-refractivity contribution in [3.05, 3.63) is 49.1 Å². The van der Waals surface area contributed by atoms with Gasteiger partial charge in [-0.1, -0.05) is 69.9 Å². The molecule has 0 saturated heterocycles. The summed E-state index contributed by atoms with van der Waals surface area (Å²) in [7, 11) is 0. The summed E-state index contributed by atoms with van der Waals surface area (Å²) in [5.41, 5.74) is 0.469. The Balaban J connectivity index is 3.51. The van der Waals surface area contributed by atoms with Crippen molar-refractivity contribution in [1.29, 1.82) is 0 Å². The topological polar surface area (TPSA) is 0 Å². The van der Waals surface area contributed by atoms with E-state index >= 15 is 0 Å². The van der Waals surface area contributed by atoms with Crippen LogP contribution in [-0.4, -0.2) is 0 Å². The summed E-state index contributed by atoms with van der Waals surface area (Å²) in [6, 6.07) is 0. The van der Waals surface area contributed by atoms with Gasteiger partial charge in [-0.2, -0.15) is 0 Å². The molecule has 0 aliphatic carbocycles. The maximum absolute atomic E-state index is 3.60. The van der Waals surface area contributed by atoms with Crippen LogP contribution in [-0.2, 0) is 0 Å². The van der Waals surface area contributed by atoms with Gasteiger partial charge in [-0.25, -0.2) is 0 Å². The molecule has 0 N–H and O–H groups in total. The molecule has 0 aromatic heterocycles. The molecule has 0 aromatic carbocycles. The molecule has 0 rings (SSSR count). The largest absolute Gasteiger partial charge is 0.0991 e. The average molecular weight is 204 g/mol. The van der Waals surface area contributed by atoms with Gasteiger partial charge in [0.25, 0.3) is 0 Å². The molecule has 15 heavy (non-hydrogen) atoms. The molecule has 0 nitrogen and oxygen atoms in total. The van der Waals surface area contributed by atoms with Crippen molar-refractivity contribution in [3.8, 4) is 0 Å². The second kappa shape index (κ2) is 8.28. The SMILES string of the molecule is C=CC=CC=CC=CCCCC(C)(C)C. The van der Waals surface area contributed by atoms with Crippen molar-refractivity contribution in [1.82, 2.24) is 0 Å². The van der Waals surface area contributed by atoms with Crippen molar-refractivity contribution in [3.63, 3.8) is 0 Å². The Bertz CT molecular complexity index is 233. The van der Waals surface area contributed by atoms with Gasteiger partial charge in [0.15, 0.2) is 0 Å². The van der Waals surface area contributed by atoms with Gasteiger partial charge in [-0.05, 0) is 24.7 Å². The Kier molecular flexibility index (Phi) is 7.71. The van der Waals surface area contributed by atoms with Crippen LogP contribution in [0.25, 0.3) is 0 Å². The first-order valence-electron chi connectivity index (χ1n) is 5.67. The molecule has 0 atom stereocenters. The number of allylic oxidation sites excluding steroid dienone is 7. The van der Waals surface area contributed by atoms with E-state index in [1.165, 1.54) is 19.3 Å². The first kappa shape index (κ1) is 14.0. The number of hydrogen-bond acceptors (Lipinski definition) is 0. The van der Waals surface area contributed by atoms with Crippen LogP contribution < -0.4 is 0 Å². The Morgan fingerprint density at radius 1 is 0.933 bits per heavy atom. The van der Waals surface area contributed by atoms with E-state index in [2.05, 4.69) is 45.6 Å². The average Bonchev–Trinajstić information content (AvgIpc) is 2.14. The van der Waals surface area contributed by atoms with Gasteiger partial charge in [0.1, 0.15) is 0 Å². The van der Waals surface area contributed by atoms with Gasteiger partial charge in [0.05, 0.1) is 0 Å². The van der Waals surface area contributed by atoms with Gasteiger partial charge in [-0.15, -0.1) is 0 Å². The van der Waals surface area contributed by atoms with Gasteiger partial charge < -0.3 is 0 Å². The molecule has 84 valence electrons. The Morgan fingerprint density at radius 3 is 2.13 bits per heavy atom. The summed E-state index contributed by atoms with van der Waals surface area (Å²) in [6.07, 6.45) is 17.8. The van der Waals surface area contributed by atoms with Crippen molar-refractivity contribution in [2.75, 3.05) is 0 Å². The molecule has 0 radical (unpaired) electrons. The number of hydrogen-bond donors (Lipinski definition) is 0. The van der Waals surface area contributed by atoms with Gasteiger partial charge >= 0.3 is 0 Å². The van der Waals surface area contributed by atoms with E-state index < -0.39 is 0 Å². The molecule has 0 bridgehead atoms. The minimum absolute atomic E-state index is 0.469. The maximum atomic E-state index is 3.60. The molecule has 0 aliphatic rings. The first-order chi connectivity index (χ1) is 7.06. The second-order valence-electron chi connectivity index (χ2n) is 4.89. The fraction of sp³-hybridized carbons (Fsp3) is 0.467. The first-order valence-corrected chi connectivity index (χ1v) is 5.67. The standard InChI is InChI=1S/C15H24/c1-5-6-7-8-9-10-11-12-13-14-15(2,3)4/h5-11H,1,12-14H2,2-4H3. The lowest BCUT2D eigenvalue weighted by Gasteiger charge is -2.16. The highest BCUT2D eigenvalue weighted by Crippen LogP contribution is 2.21. The van der Waals surface area contributed by atoms with Crippen LogP contribution in [0.3, 0.4) is 0 Å². The van der Waals surface area contributed by atoms with Gasteiger partial charge in [-0.3, -0.25) is 0 Å². The molecule has 0 saturated carbocycles. The zero-order valence-corrected chi connectivity index (χ0v) is 10.4. The van der Waals surface area contributed by atoms with Crippen LogP contribution in [0.5, 0.6) is 0 Å². The van der Waals surface area contributed by atoms with Crippen LogP contribution in [0.1, 0.15) is 40.0 Å². The van der Waals surface area contributed by atoms with Crippen LogP contribution in [0.15, 0.2) is 49.1 Å². The summed E-state index contributed by atoms with van der Waals surface area (Å²) in [5.74, 6) is 0. The van der Waals surface area contributed by atoms with Crippen molar-refractivity contribution in [2.45, 2.75) is 40.0 Å². The van der Waals surface area contributed by atoms with E-state index in [0.717, 1.165) is 0 Å². The van der Waals surface area contributed by atoms with E-state index in [4.69, 9.17) is 0 Å². The predicted octanol–water partition coefficient (Wildman–Crippen LogP) is 5.06. The summed E-state index contributed by atoms with van der Waals surface area (Å²) in [5, 5.41) is 0. The zero-order chi connectivity index (χ0) is 11.6. The summed E-state index contributed by atoms with van der Waals surface area (Å²) in [6.45, 7) is 10.5. The third-order valence-electron chi connectivity index (χ3n) is 2.01. The molecule has 0 heteroatoms. The monoisotopic (exact) mass is 204 g/mol. The predicted molar refractivity (Wildman–Crippen MR) is 70.9 cm³/mol. The molecule has 0 heterocycles. The highest BCUT2D eigenvalue weighted by Gasteiger charge is 2.07. The normalized spacial score (nSPS) is 13.3. The molecule has 0 aromatic rings. The van der Waals surface area contributed by atoms with Crippen molar-refractivity contribution in [2.24, 2.45) is 5.41 Å². The minimum Gasteiger partial charge on any atom is -0.0991 e. The van der Waals surface area contributed by atoms with E-state index in [-0.39, 0.29) is 0 Å². The van der Waals surface area contributed by atoms with Crippen LogP contribution in [0.2, 0.25) is 0 Å². The van der Waals surface area contributed by atoms with Crippen molar-refractivity contribution < 1.29 is 0 Å². The van der Waals surface area contributed by atoms with Crippen LogP contribution in [0, 0.1) is 5.41 Å². The molecular weight excluding hydrogens is 180 g/mol. The second-order valence-corrected chi connectivity index (χ2v) is 4.89. The lowest BCUT2D eigenvalue weighted by molar-refractivity contribution is 0.367.